The highest BCUT2D eigenvalue weighted by Crippen LogP contribution is 2.07. The van der Waals surface area contributed by atoms with E-state index in [1.807, 2.05) is 30.3 Å². The summed E-state index contributed by atoms with van der Waals surface area (Å²) in [4.78, 5) is 0. The first-order chi connectivity index (χ1) is 9.28. The second-order valence-corrected chi connectivity index (χ2v) is 4.40. The predicted octanol–water partition coefficient (Wildman–Crippen LogP) is 3.79. The molecule has 0 amide bonds. The molecule has 0 heterocycles. The van der Waals surface area contributed by atoms with E-state index in [-0.39, 0.29) is 0 Å². The van der Waals surface area contributed by atoms with E-state index >= 15 is 0 Å². The Morgan fingerprint density at radius 2 is 1.42 bits per heavy atom. The average Bonchev–Trinajstić information content (AvgIpc) is 2.46. The molecule has 0 saturated carbocycles. The summed E-state index contributed by atoms with van der Waals surface area (Å²) in [6, 6.07) is 15.9. The molecule has 0 radical (unpaired) electrons. The van der Waals surface area contributed by atoms with Crippen molar-refractivity contribution in [2.24, 2.45) is 0 Å². The Bertz CT molecular complexity index is 595. The Kier molecular flexibility index (Phi) is 4.42. The van der Waals surface area contributed by atoms with Gasteiger partial charge in [-0.1, -0.05) is 30.0 Å². The third-order valence-corrected chi connectivity index (χ3v) is 2.85. The first-order valence-corrected chi connectivity index (χ1v) is 6.35. The number of aryl methyl sites for hydroxylation is 1. The van der Waals surface area contributed by atoms with E-state index < -0.39 is 0 Å². The molecule has 0 fully saturated rings. The first kappa shape index (κ1) is 13.0. The van der Waals surface area contributed by atoms with Crippen LogP contribution in [-0.4, -0.2) is 0 Å². The topological polar surface area (TPSA) is 26.0 Å². The van der Waals surface area contributed by atoms with Gasteiger partial charge in [-0.3, -0.25) is 0 Å². The van der Waals surface area contributed by atoms with Crippen LogP contribution in [0.15, 0.2) is 61.2 Å². The van der Waals surface area contributed by atoms with Crippen LogP contribution < -0.4 is 5.73 Å². The van der Waals surface area contributed by atoms with Gasteiger partial charge in [0.1, 0.15) is 0 Å². The van der Waals surface area contributed by atoms with Crippen LogP contribution in [0.5, 0.6) is 0 Å². The quantitative estimate of drug-likeness (QED) is 0.498. The Morgan fingerprint density at radius 3 is 1.95 bits per heavy atom. The zero-order chi connectivity index (χ0) is 13.5. The minimum Gasteiger partial charge on any atom is -0.399 e. The highest BCUT2D eigenvalue weighted by Gasteiger charge is 1.92. The number of rotatable bonds is 3. The lowest BCUT2D eigenvalue weighted by molar-refractivity contribution is 1.00. The molecule has 0 spiro atoms. The van der Waals surface area contributed by atoms with E-state index in [2.05, 4.69) is 42.7 Å². The van der Waals surface area contributed by atoms with E-state index in [1.54, 1.807) is 0 Å². The fourth-order valence-corrected chi connectivity index (χ4v) is 1.73. The van der Waals surface area contributed by atoms with Crippen LogP contribution in [-0.2, 0) is 6.42 Å². The van der Waals surface area contributed by atoms with Crippen molar-refractivity contribution >= 4 is 5.69 Å². The van der Waals surface area contributed by atoms with Gasteiger partial charge in [0.25, 0.3) is 0 Å². The molecule has 2 aromatic rings. The molecule has 2 aromatic carbocycles. The average molecular weight is 247 g/mol. The smallest absolute Gasteiger partial charge is 0.0314 e. The number of benzene rings is 2. The zero-order valence-corrected chi connectivity index (χ0v) is 10.9. The molecule has 2 rings (SSSR count). The van der Waals surface area contributed by atoms with Crippen LogP contribution in [0.4, 0.5) is 5.69 Å². The molecule has 0 aliphatic carbocycles. The van der Waals surface area contributed by atoms with Gasteiger partial charge in [-0.15, -0.1) is 6.58 Å². The minimum atomic E-state index is 0.761. The number of anilines is 1. The van der Waals surface area contributed by atoms with E-state index in [1.165, 1.54) is 5.56 Å². The molecule has 0 unspecified atom stereocenters. The SMILES string of the molecule is C=CCCc1ccc(C#Cc2ccc(N)cc2)cc1. The molecular formula is C18H17N. The molecule has 0 saturated heterocycles. The molecular weight excluding hydrogens is 230 g/mol. The van der Waals surface area contributed by atoms with Gasteiger partial charge in [0.05, 0.1) is 0 Å². The maximum absolute atomic E-state index is 5.64. The summed E-state index contributed by atoms with van der Waals surface area (Å²) >= 11 is 0. The summed E-state index contributed by atoms with van der Waals surface area (Å²) in [6.45, 7) is 3.73. The van der Waals surface area contributed by atoms with E-state index in [9.17, 15) is 0 Å². The molecule has 19 heavy (non-hydrogen) atoms. The third-order valence-electron chi connectivity index (χ3n) is 2.85. The number of nitrogens with two attached hydrogens (primary N) is 1. The Labute approximate surface area is 114 Å². The molecule has 94 valence electrons. The second kappa shape index (κ2) is 6.47. The molecule has 0 aliphatic heterocycles. The van der Waals surface area contributed by atoms with Crippen molar-refractivity contribution in [2.45, 2.75) is 12.8 Å². The van der Waals surface area contributed by atoms with Crippen molar-refractivity contribution < 1.29 is 0 Å². The predicted molar refractivity (Wildman–Crippen MR) is 81.8 cm³/mol. The van der Waals surface area contributed by atoms with Crippen LogP contribution >= 0.6 is 0 Å². The van der Waals surface area contributed by atoms with Crippen molar-refractivity contribution in [2.75, 3.05) is 5.73 Å². The maximum atomic E-state index is 5.64. The normalized spacial score (nSPS) is 9.47. The first-order valence-electron chi connectivity index (χ1n) is 6.35. The molecule has 0 atom stereocenters. The number of hydrogen-bond donors (Lipinski definition) is 1. The van der Waals surface area contributed by atoms with Gasteiger partial charge in [-0.25, -0.2) is 0 Å². The van der Waals surface area contributed by atoms with Gasteiger partial charge < -0.3 is 5.73 Å². The molecule has 2 N–H and O–H groups in total. The maximum Gasteiger partial charge on any atom is 0.0314 e. The van der Waals surface area contributed by atoms with Crippen LogP contribution in [0.3, 0.4) is 0 Å². The molecule has 0 aliphatic rings. The summed E-state index contributed by atoms with van der Waals surface area (Å²) < 4.78 is 0. The monoisotopic (exact) mass is 247 g/mol. The lowest BCUT2D eigenvalue weighted by Crippen LogP contribution is -1.84. The molecule has 1 heteroatoms. The highest BCUT2D eigenvalue weighted by atomic mass is 14.5. The second-order valence-electron chi connectivity index (χ2n) is 4.40. The lowest BCUT2D eigenvalue weighted by Gasteiger charge is -1.98. The van der Waals surface area contributed by atoms with Gasteiger partial charge in [0.2, 0.25) is 0 Å². The summed E-state index contributed by atoms with van der Waals surface area (Å²) in [6.07, 6.45) is 3.99. The van der Waals surface area contributed by atoms with Crippen LogP contribution in [0, 0.1) is 11.8 Å². The van der Waals surface area contributed by atoms with Gasteiger partial charge in [-0.05, 0) is 54.8 Å². The Hall–Kier alpha value is -2.46. The summed E-state index contributed by atoms with van der Waals surface area (Å²) in [5, 5.41) is 0. The Balaban J connectivity index is 2.07. The van der Waals surface area contributed by atoms with Gasteiger partial charge in [0.15, 0.2) is 0 Å². The van der Waals surface area contributed by atoms with Crippen molar-refractivity contribution in [1.29, 1.82) is 0 Å². The number of hydrogen-bond acceptors (Lipinski definition) is 1. The summed E-state index contributed by atoms with van der Waals surface area (Å²) in [7, 11) is 0. The fourth-order valence-electron chi connectivity index (χ4n) is 1.73. The largest absolute Gasteiger partial charge is 0.399 e. The van der Waals surface area contributed by atoms with Gasteiger partial charge in [0, 0.05) is 16.8 Å². The van der Waals surface area contributed by atoms with Crippen molar-refractivity contribution in [3.63, 3.8) is 0 Å². The molecule has 0 bridgehead atoms. The lowest BCUT2D eigenvalue weighted by atomic mass is 10.1. The van der Waals surface area contributed by atoms with E-state index in [0.717, 1.165) is 29.7 Å². The highest BCUT2D eigenvalue weighted by molar-refractivity contribution is 5.47. The van der Waals surface area contributed by atoms with Crippen molar-refractivity contribution in [1.82, 2.24) is 0 Å². The summed E-state index contributed by atoms with van der Waals surface area (Å²) in [5.41, 5.74) is 9.72. The van der Waals surface area contributed by atoms with Gasteiger partial charge >= 0.3 is 0 Å². The molecule has 1 nitrogen and oxygen atoms in total. The fraction of sp³-hybridized carbons (Fsp3) is 0.111. The van der Waals surface area contributed by atoms with E-state index in [4.69, 9.17) is 5.73 Å². The van der Waals surface area contributed by atoms with Crippen molar-refractivity contribution in [3.05, 3.63) is 77.9 Å². The molecule has 0 aromatic heterocycles. The third kappa shape index (κ3) is 4.04. The van der Waals surface area contributed by atoms with Gasteiger partial charge in [-0.2, -0.15) is 0 Å². The number of allylic oxidation sites excluding steroid dienone is 1. The number of nitrogen functional groups attached to an aromatic ring is 1. The minimum absolute atomic E-state index is 0.761. The van der Waals surface area contributed by atoms with Crippen LogP contribution in [0.1, 0.15) is 23.1 Å². The zero-order valence-electron chi connectivity index (χ0n) is 10.9. The standard InChI is InChI=1S/C18H17N/c1-2-3-4-15-5-7-16(8-6-15)9-10-17-11-13-18(19)14-12-17/h2,5-8,11-14H,1,3-4,19H2. The van der Waals surface area contributed by atoms with Crippen LogP contribution in [0.2, 0.25) is 0 Å². The van der Waals surface area contributed by atoms with E-state index in [0.29, 0.717) is 0 Å². The summed E-state index contributed by atoms with van der Waals surface area (Å²) in [5.74, 6) is 6.28. The van der Waals surface area contributed by atoms with Crippen molar-refractivity contribution in [3.8, 4) is 11.8 Å². The Morgan fingerprint density at radius 1 is 0.895 bits per heavy atom. The van der Waals surface area contributed by atoms with Crippen LogP contribution in [0.25, 0.3) is 0 Å².